The summed E-state index contributed by atoms with van der Waals surface area (Å²) in [6.45, 7) is 6.50. The van der Waals surface area contributed by atoms with Crippen LogP contribution < -0.4 is 26.1 Å². The molecular weight excluding hydrogens is 697 g/mol. The van der Waals surface area contributed by atoms with Crippen molar-refractivity contribution in [3.05, 3.63) is 182 Å². The fraction of sp³-hybridized carbons (Fsp3) is 0. The van der Waals surface area contributed by atoms with Gasteiger partial charge in [-0.3, -0.25) is 13.6 Å². The Labute approximate surface area is 275 Å². The average Bonchev–Trinajstić information content (AvgIpc) is 3.10. The van der Waals surface area contributed by atoms with Crippen molar-refractivity contribution >= 4 is 69.0 Å². The van der Waals surface area contributed by atoms with E-state index in [-0.39, 0.29) is 16.5 Å². The maximum atomic E-state index is 7.75. The van der Waals surface area contributed by atoms with E-state index in [2.05, 4.69) is 196 Å². The van der Waals surface area contributed by atoms with Crippen LogP contribution in [0.4, 0.5) is 0 Å². The van der Waals surface area contributed by atoms with Crippen LogP contribution >= 0.6 is 0 Å². The SMILES string of the molecule is [CH-]=O.[CH-]=O.[Ni+2].c1ccc([AsH](c2ccccc2)c2ccccc2)cc1.c1ccc([AsH](c2ccccc2)c2ccccc2)cc1. The summed E-state index contributed by atoms with van der Waals surface area (Å²) in [5, 5.41) is 0. The Balaban J connectivity index is 0.000000264. The summed E-state index contributed by atoms with van der Waals surface area (Å²) in [6.07, 6.45) is 0. The van der Waals surface area contributed by atoms with Gasteiger partial charge in [0.25, 0.3) is 0 Å². The molecule has 0 aliphatic carbocycles. The van der Waals surface area contributed by atoms with Crippen LogP contribution in [-0.2, 0) is 26.1 Å². The second kappa shape index (κ2) is 21.0. The van der Waals surface area contributed by atoms with Crippen molar-refractivity contribution in [3.63, 3.8) is 0 Å². The first-order valence-corrected chi connectivity index (χ1v) is 19.7. The number of hydrogen-bond acceptors (Lipinski definition) is 2. The van der Waals surface area contributed by atoms with E-state index in [1.165, 1.54) is 26.1 Å². The molecule has 0 fully saturated rings. The Morgan fingerprint density at radius 2 is 0.372 bits per heavy atom. The molecule has 0 aliphatic heterocycles. The van der Waals surface area contributed by atoms with Gasteiger partial charge in [-0.1, -0.05) is 0 Å². The zero-order chi connectivity index (χ0) is 29.8. The van der Waals surface area contributed by atoms with Crippen LogP contribution in [0.25, 0.3) is 0 Å². The third-order valence-electron chi connectivity index (χ3n) is 6.37. The Morgan fingerprint density at radius 3 is 0.488 bits per heavy atom. The van der Waals surface area contributed by atoms with Crippen molar-refractivity contribution in [1.29, 1.82) is 0 Å². The molecule has 0 aliphatic rings. The van der Waals surface area contributed by atoms with E-state index in [1.54, 1.807) is 0 Å². The van der Waals surface area contributed by atoms with Gasteiger partial charge in [-0.15, -0.1) is 0 Å². The summed E-state index contributed by atoms with van der Waals surface area (Å²) in [7, 11) is 0. The van der Waals surface area contributed by atoms with Crippen LogP contribution in [-0.4, -0.2) is 42.9 Å². The van der Waals surface area contributed by atoms with Crippen molar-refractivity contribution in [3.8, 4) is 0 Å². The standard InChI is InChI=1S/2C18H16As.2CHO.Ni/c2*1-4-10-16(11-5-1)19(17-12-6-2-7-13-17)18-14-8-3-9-15-18;2*1-2;/h2*1-15,19H;2*1H;/q;;2*-1;+2. The molecule has 5 heteroatoms. The molecule has 0 bridgehead atoms. The van der Waals surface area contributed by atoms with Crippen molar-refractivity contribution in [2.24, 2.45) is 0 Å². The predicted octanol–water partition coefficient (Wildman–Crippen LogP) is 3.32. The first-order valence-electron chi connectivity index (χ1n) is 13.4. The van der Waals surface area contributed by atoms with Gasteiger partial charge in [-0.2, -0.15) is 0 Å². The monoisotopic (exact) mass is 730 g/mol. The zero-order valence-electron chi connectivity index (χ0n) is 23.6. The van der Waals surface area contributed by atoms with Gasteiger partial charge in [0.05, 0.1) is 0 Å². The molecule has 6 rings (SSSR count). The van der Waals surface area contributed by atoms with E-state index in [0.717, 1.165) is 0 Å². The molecule has 0 heterocycles. The van der Waals surface area contributed by atoms with Crippen molar-refractivity contribution in [1.82, 2.24) is 0 Å². The molecule has 6 aromatic carbocycles. The minimum absolute atomic E-state index is 0. The predicted molar refractivity (Wildman–Crippen MR) is 184 cm³/mol. The summed E-state index contributed by atoms with van der Waals surface area (Å²) in [6, 6.07) is 65.6. The maximum absolute atomic E-state index is 7.75. The molecule has 6 aromatic rings. The Bertz CT molecular complexity index is 1220. The Kier molecular flexibility index (Phi) is 17.4. The van der Waals surface area contributed by atoms with Crippen LogP contribution in [0.2, 0.25) is 0 Å². The minimum atomic E-state index is -1.63. The van der Waals surface area contributed by atoms with Gasteiger partial charge in [0.1, 0.15) is 0 Å². The van der Waals surface area contributed by atoms with Crippen LogP contribution in [0.15, 0.2) is 182 Å². The van der Waals surface area contributed by atoms with Gasteiger partial charge in [0, 0.05) is 0 Å². The molecule has 0 aromatic heterocycles. The van der Waals surface area contributed by atoms with Gasteiger partial charge < -0.3 is 9.59 Å². The van der Waals surface area contributed by atoms with E-state index < -0.39 is 29.3 Å². The van der Waals surface area contributed by atoms with E-state index in [1.807, 2.05) is 0 Å². The summed E-state index contributed by atoms with van der Waals surface area (Å²) >= 11 is -3.26. The van der Waals surface area contributed by atoms with Gasteiger partial charge in [0.15, 0.2) is 0 Å². The summed E-state index contributed by atoms with van der Waals surface area (Å²) in [5.74, 6) is 0. The number of benzene rings is 6. The van der Waals surface area contributed by atoms with E-state index in [9.17, 15) is 0 Å². The first-order chi connectivity index (χ1) is 20.9. The van der Waals surface area contributed by atoms with Crippen LogP contribution in [0, 0.1) is 0 Å². The Morgan fingerprint density at radius 1 is 0.256 bits per heavy atom. The quantitative estimate of drug-likeness (QED) is 0.150. The molecule has 0 unspecified atom stereocenters. The molecule has 0 saturated carbocycles. The molecule has 43 heavy (non-hydrogen) atoms. The number of hydrogen-bond donors (Lipinski definition) is 0. The molecule has 0 amide bonds. The van der Waals surface area contributed by atoms with Crippen molar-refractivity contribution in [2.45, 2.75) is 0 Å². The van der Waals surface area contributed by atoms with Gasteiger partial charge >= 0.3 is 254 Å². The van der Waals surface area contributed by atoms with Gasteiger partial charge in [0.2, 0.25) is 0 Å². The average molecular weight is 731 g/mol. The van der Waals surface area contributed by atoms with Crippen LogP contribution in [0.3, 0.4) is 0 Å². The topological polar surface area (TPSA) is 34.1 Å². The molecule has 2 nitrogen and oxygen atoms in total. The molecule has 218 valence electrons. The van der Waals surface area contributed by atoms with E-state index in [4.69, 9.17) is 9.59 Å². The first kappa shape index (κ1) is 35.5. The number of carbonyl (C=O) groups excluding carboxylic acids is 2. The second-order valence-corrected chi connectivity index (χ2v) is 19.4. The molecule has 0 atom stereocenters. The fourth-order valence-corrected chi connectivity index (χ4v) is 15.4. The molecular formula is C38H34As2NiO2. The molecule has 0 spiro atoms. The third-order valence-corrected chi connectivity index (χ3v) is 17.8. The van der Waals surface area contributed by atoms with Gasteiger partial charge in [-0.05, 0) is 0 Å². The van der Waals surface area contributed by atoms with Gasteiger partial charge in [-0.25, -0.2) is 0 Å². The van der Waals surface area contributed by atoms with Crippen LogP contribution in [0.1, 0.15) is 0 Å². The van der Waals surface area contributed by atoms with Crippen LogP contribution in [0.5, 0.6) is 0 Å². The van der Waals surface area contributed by atoms with Crippen molar-refractivity contribution < 1.29 is 26.1 Å². The Hall–Kier alpha value is -3.73. The zero-order valence-corrected chi connectivity index (χ0v) is 28.8. The summed E-state index contributed by atoms with van der Waals surface area (Å²) in [5.41, 5.74) is 0. The normalized spacial score (nSPS) is 9.53. The third kappa shape index (κ3) is 10.8. The fourth-order valence-electron chi connectivity index (χ4n) is 4.63. The van der Waals surface area contributed by atoms with Crippen molar-refractivity contribution in [2.75, 3.05) is 0 Å². The molecule has 2 radical (unpaired) electrons. The second-order valence-electron chi connectivity index (χ2n) is 8.95. The molecule has 0 N–H and O–H groups in total. The summed E-state index contributed by atoms with van der Waals surface area (Å²) in [4.78, 5) is 15.5. The van der Waals surface area contributed by atoms with E-state index >= 15 is 0 Å². The van der Waals surface area contributed by atoms with E-state index in [0.29, 0.717) is 0 Å². The molecule has 0 saturated heterocycles. The number of rotatable bonds is 6. The summed E-state index contributed by atoms with van der Waals surface area (Å²) < 4.78 is 9.00.